The molecule has 0 aliphatic carbocycles. The molecule has 2 rings (SSSR count). The normalized spacial score (nSPS) is 10.2. The maximum absolute atomic E-state index is 11.9. The second-order valence-corrected chi connectivity index (χ2v) is 6.00. The van der Waals surface area contributed by atoms with Crippen LogP contribution in [-0.4, -0.2) is 23.5 Å². The highest BCUT2D eigenvalue weighted by molar-refractivity contribution is 6.34. The number of aliphatic carboxylic acids is 1. The van der Waals surface area contributed by atoms with Crippen LogP contribution in [-0.2, 0) is 11.3 Å². The lowest BCUT2D eigenvalue weighted by molar-refractivity contribution is -0.135. The predicted molar refractivity (Wildman–Crippen MR) is 98.5 cm³/mol. The smallest absolute Gasteiger partial charge is 0.322 e. The molecule has 0 atom stereocenters. The molecule has 0 bridgehead atoms. The summed E-state index contributed by atoms with van der Waals surface area (Å²) in [6, 6.07) is 13.0. The highest BCUT2D eigenvalue weighted by Crippen LogP contribution is 2.21. The molecule has 0 spiro atoms. The number of carboxylic acid groups (broad SMARTS) is 1. The molecule has 3 N–H and O–H groups in total. The number of halogens is 1. The minimum atomic E-state index is -1.12. The SMILES string of the molecule is C=C(NCc1cccc(C)c1)c1ccc(C(=O)NCC(=O)O)c(Cl)c1. The van der Waals surface area contributed by atoms with Gasteiger partial charge in [-0.2, -0.15) is 0 Å². The Hall–Kier alpha value is -2.79. The van der Waals surface area contributed by atoms with Gasteiger partial charge in [0, 0.05) is 12.2 Å². The van der Waals surface area contributed by atoms with Crippen LogP contribution in [0.2, 0.25) is 5.02 Å². The van der Waals surface area contributed by atoms with Crippen molar-refractivity contribution in [3.05, 3.63) is 76.3 Å². The summed E-state index contributed by atoms with van der Waals surface area (Å²) in [5.41, 5.74) is 3.98. The summed E-state index contributed by atoms with van der Waals surface area (Å²) in [6.07, 6.45) is 0. The maximum atomic E-state index is 11.9. The Morgan fingerprint density at radius 2 is 1.92 bits per heavy atom. The summed E-state index contributed by atoms with van der Waals surface area (Å²) in [4.78, 5) is 22.4. The molecule has 5 nitrogen and oxygen atoms in total. The van der Waals surface area contributed by atoms with E-state index in [-0.39, 0.29) is 10.6 Å². The van der Waals surface area contributed by atoms with Crippen molar-refractivity contribution in [2.75, 3.05) is 6.54 Å². The molecular formula is C19H19ClN2O3. The Kier molecular flexibility index (Phi) is 6.19. The monoisotopic (exact) mass is 358 g/mol. The summed E-state index contributed by atoms with van der Waals surface area (Å²) in [7, 11) is 0. The largest absolute Gasteiger partial charge is 0.480 e. The van der Waals surface area contributed by atoms with E-state index < -0.39 is 18.4 Å². The molecule has 0 aliphatic heterocycles. The van der Waals surface area contributed by atoms with Crippen molar-refractivity contribution < 1.29 is 14.7 Å². The topological polar surface area (TPSA) is 78.4 Å². The minimum absolute atomic E-state index is 0.221. The number of aryl methyl sites for hydroxylation is 1. The lowest BCUT2D eigenvalue weighted by atomic mass is 10.1. The number of hydrogen-bond acceptors (Lipinski definition) is 3. The van der Waals surface area contributed by atoms with Crippen LogP contribution in [0.3, 0.4) is 0 Å². The van der Waals surface area contributed by atoms with E-state index in [0.29, 0.717) is 12.2 Å². The van der Waals surface area contributed by atoms with Crippen molar-refractivity contribution in [2.45, 2.75) is 13.5 Å². The average molecular weight is 359 g/mol. The fourth-order valence-electron chi connectivity index (χ4n) is 2.27. The van der Waals surface area contributed by atoms with Gasteiger partial charge in [-0.25, -0.2) is 0 Å². The van der Waals surface area contributed by atoms with E-state index in [1.54, 1.807) is 18.2 Å². The lowest BCUT2D eigenvalue weighted by Gasteiger charge is -2.12. The number of nitrogens with one attached hydrogen (secondary N) is 2. The molecule has 130 valence electrons. The first-order valence-electron chi connectivity index (χ1n) is 7.65. The molecule has 0 aliphatic rings. The third-order valence-corrected chi connectivity index (χ3v) is 3.86. The molecule has 0 radical (unpaired) electrons. The molecule has 0 aromatic heterocycles. The van der Waals surface area contributed by atoms with Crippen LogP contribution in [0.15, 0.2) is 49.0 Å². The van der Waals surface area contributed by atoms with E-state index in [4.69, 9.17) is 16.7 Å². The molecule has 1 amide bonds. The van der Waals surface area contributed by atoms with Gasteiger partial charge in [0.15, 0.2) is 0 Å². The molecule has 0 heterocycles. The van der Waals surface area contributed by atoms with Crippen LogP contribution >= 0.6 is 11.6 Å². The maximum Gasteiger partial charge on any atom is 0.322 e. The van der Waals surface area contributed by atoms with Gasteiger partial charge in [-0.1, -0.05) is 54.1 Å². The van der Waals surface area contributed by atoms with E-state index in [2.05, 4.69) is 23.3 Å². The Labute approximate surface area is 151 Å². The summed E-state index contributed by atoms with van der Waals surface area (Å²) in [5.74, 6) is -1.65. The zero-order chi connectivity index (χ0) is 18.4. The highest BCUT2D eigenvalue weighted by atomic mass is 35.5. The van der Waals surface area contributed by atoms with E-state index in [1.807, 2.05) is 25.1 Å². The standard InChI is InChI=1S/C19H19ClN2O3/c1-12-4-3-5-14(8-12)10-21-13(2)15-6-7-16(17(20)9-15)19(25)22-11-18(23)24/h3-9,21H,2,10-11H2,1H3,(H,22,25)(H,23,24). The molecular weight excluding hydrogens is 340 g/mol. The second-order valence-electron chi connectivity index (χ2n) is 5.59. The molecule has 0 unspecified atom stereocenters. The van der Waals surface area contributed by atoms with Gasteiger partial charge < -0.3 is 15.7 Å². The van der Waals surface area contributed by atoms with Crippen molar-refractivity contribution in [1.29, 1.82) is 0 Å². The zero-order valence-electron chi connectivity index (χ0n) is 13.8. The van der Waals surface area contributed by atoms with Crippen LogP contribution in [0.4, 0.5) is 0 Å². The Morgan fingerprint density at radius 1 is 1.16 bits per heavy atom. The quantitative estimate of drug-likeness (QED) is 0.710. The third-order valence-electron chi connectivity index (χ3n) is 3.55. The summed E-state index contributed by atoms with van der Waals surface area (Å²) >= 11 is 6.14. The second kappa shape index (κ2) is 8.35. The van der Waals surface area contributed by atoms with Crippen molar-refractivity contribution in [3.63, 3.8) is 0 Å². The Morgan fingerprint density at radius 3 is 2.56 bits per heavy atom. The van der Waals surface area contributed by atoms with Gasteiger partial charge in [0.25, 0.3) is 5.91 Å². The first kappa shape index (κ1) is 18.5. The summed E-state index contributed by atoms with van der Waals surface area (Å²) < 4.78 is 0. The van der Waals surface area contributed by atoms with Gasteiger partial charge >= 0.3 is 5.97 Å². The Balaban J connectivity index is 2.02. The Bertz CT molecular complexity index is 818. The van der Waals surface area contributed by atoms with Crippen LogP contribution in [0.25, 0.3) is 5.70 Å². The van der Waals surface area contributed by atoms with E-state index in [0.717, 1.165) is 11.1 Å². The van der Waals surface area contributed by atoms with Gasteiger partial charge in [-0.3, -0.25) is 9.59 Å². The molecule has 25 heavy (non-hydrogen) atoms. The summed E-state index contributed by atoms with van der Waals surface area (Å²) in [6.45, 7) is 6.19. The van der Waals surface area contributed by atoms with Crippen LogP contribution in [0, 0.1) is 6.92 Å². The lowest BCUT2D eigenvalue weighted by Crippen LogP contribution is -2.29. The van der Waals surface area contributed by atoms with Crippen molar-refractivity contribution >= 4 is 29.2 Å². The van der Waals surface area contributed by atoms with E-state index in [9.17, 15) is 9.59 Å². The predicted octanol–water partition coefficient (Wildman–Crippen LogP) is 3.22. The molecule has 2 aromatic carbocycles. The fourth-order valence-corrected chi connectivity index (χ4v) is 2.54. The zero-order valence-corrected chi connectivity index (χ0v) is 14.6. The van der Waals surface area contributed by atoms with Gasteiger partial charge in [0.2, 0.25) is 0 Å². The van der Waals surface area contributed by atoms with Crippen molar-refractivity contribution in [1.82, 2.24) is 10.6 Å². The first-order chi connectivity index (χ1) is 11.9. The molecule has 0 saturated carbocycles. The number of amides is 1. The number of rotatable bonds is 7. The molecule has 0 fully saturated rings. The first-order valence-corrected chi connectivity index (χ1v) is 8.03. The number of carbonyl (C=O) groups is 2. The van der Waals surface area contributed by atoms with Crippen molar-refractivity contribution in [2.24, 2.45) is 0 Å². The number of carboxylic acids is 1. The van der Waals surface area contributed by atoms with Gasteiger partial charge in [-0.15, -0.1) is 0 Å². The number of benzene rings is 2. The van der Waals surface area contributed by atoms with Gasteiger partial charge in [0.1, 0.15) is 6.54 Å². The van der Waals surface area contributed by atoms with Gasteiger partial charge in [-0.05, 0) is 30.2 Å². The highest BCUT2D eigenvalue weighted by Gasteiger charge is 2.12. The molecule has 6 heteroatoms. The van der Waals surface area contributed by atoms with Gasteiger partial charge in [0.05, 0.1) is 10.6 Å². The number of hydrogen-bond donors (Lipinski definition) is 3. The molecule has 0 saturated heterocycles. The third kappa shape index (κ3) is 5.36. The number of carbonyl (C=O) groups excluding carboxylic acids is 1. The fraction of sp³-hybridized carbons (Fsp3) is 0.158. The van der Waals surface area contributed by atoms with Crippen LogP contribution < -0.4 is 10.6 Å². The van der Waals surface area contributed by atoms with Crippen molar-refractivity contribution in [3.8, 4) is 0 Å². The minimum Gasteiger partial charge on any atom is -0.480 e. The average Bonchev–Trinajstić information content (AvgIpc) is 2.57. The van der Waals surface area contributed by atoms with E-state index >= 15 is 0 Å². The van der Waals surface area contributed by atoms with Crippen LogP contribution in [0.5, 0.6) is 0 Å². The van der Waals surface area contributed by atoms with E-state index in [1.165, 1.54) is 5.56 Å². The molecule has 2 aromatic rings. The summed E-state index contributed by atoms with van der Waals surface area (Å²) in [5, 5.41) is 14.3. The van der Waals surface area contributed by atoms with Crippen LogP contribution in [0.1, 0.15) is 27.0 Å².